The van der Waals surface area contributed by atoms with Gasteiger partial charge >= 0.3 is 0 Å². The van der Waals surface area contributed by atoms with E-state index in [-0.39, 0.29) is 12.5 Å². The van der Waals surface area contributed by atoms with E-state index in [0.717, 1.165) is 32.1 Å². The second-order valence-corrected chi connectivity index (χ2v) is 22.3. The molecule has 0 bridgehead atoms. The molecular weight excluding hydrogens is 835 g/mol. The summed E-state index contributed by atoms with van der Waals surface area (Å²) >= 11 is 0. The average Bonchev–Trinajstić information content (AvgIpc) is 3.34. The molecule has 0 fully saturated rings. The SMILES string of the molecule is CCCCCCCCCCCCCCCCCCCCCCCCCCCCCCCCCCCC(=O)NC(CO)C(O)C(O)CCCCCCCCCCCCCCCCCCCCCCC. The van der Waals surface area contributed by atoms with Gasteiger partial charge < -0.3 is 20.6 Å². The first-order chi connectivity index (χ1) is 33.6. The molecule has 0 aliphatic heterocycles. The van der Waals surface area contributed by atoms with Crippen molar-refractivity contribution in [3.05, 3.63) is 0 Å². The molecule has 0 spiro atoms. The predicted molar refractivity (Wildman–Crippen MR) is 301 cm³/mol. The zero-order valence-electron chi connectivity index (χ0n) is 46.8. The molecule has 0 aromatic heterocycles. The highest BCUT2D eigenvalue weighted by molar-refractivity contribution is 5.76. The number of carbonyl (C=O) groups excluding carboxylic acids is 1. The van der Waals surface area contributed by atoms with Crippen LogP contribution in [0.25, 0.3) is 0 Å². The number of aliphatic hydroxyl groups excluding tert-OH is 3. The Bertz CT molecular complexity index is 929. The fraction of sp³-hybridized carbons (Fsp3) is 0.984. The number of aliphatic hydroxyl groups is 3. The molecule has 0 aliphatic rings. The molecule has 0 rings (SSSR count). The Morgan fingerprint density at radius 2 is 0.500 bits per heavy atom. The molecule has 1 amide bonds. The van der Waals surface area contributed by atoms with E-state index in [4.69, 9.17) is 0 Å². The zero-order valence-corrected chi connectivity index (χ0v) is 46.8. The minimum absolute atomic E-state index is 0.134. The minimum atomic E-state index is -1.13. The summed E-state index contributed by atoms with van der Waals surface area (Å²) in [7, 11) is 0. The first kappa shape index (κ1) is 67.3. The van der Waals surface area contributed by atoms with Crippen LogP contribution in [-0.4, -0.2) is 46.1 Å². The molecule has 0 aromatic rings. The minimum Gasteiger partial charge on any atom is -0.394 e. The molecule has 0 heterocycles. The van der Waals surface area contributed by atoms with Crippen LogP contribution in [0.3, 0.4) is 0 Å². The third kappa shape index (κ3) is 53.2. The lowest BCUT2D eigenvalue weighted by molar-refractivity contribution is -0.124. The molecule has 408 valence electrons. The Morgan fingerprint density at radius 1 is 0.309 bits per heavy atom. The maximum absolute atomic E-state index is 12.6. The zero-order chi connectivity index (χ0) is 49.3. The topological polar surface area (TPSA) is 89.8 Å². The van der Waals surface area contributed by atoms with Gasteiger partial charge in [-0.25, -0.2) is 0 Å². The summed E-state index contributed by atoms with van der Waals surface area (Å²) in [6, 6.07) is -0.805. The van der Waals surface area contributed by atoms with E-state index in [2.05, 4.69) is 19.2 Å². The summed E-state index contributed by atoms with van der Waals surface area (Å²) in [5.74, 6) is -0.134. The van der Waals surface area contributed by atoms with E-state index in [0.29, 0.717) is 12.8 Å². The lowest BCUT2D eigenvalue weighted by Gasteiger charge is -2.26. The molecule has 0 saturated carbocycles. The van der Waals surface area contributed by atoms with Crippen LogP contribution < -0.4 is 5.32 Å². The molecular formula is C63H127NO4. The molecule has 5 heteroatoms. The molecule has 3 unspecified atom stereocenters. The quantitative estimate of drug-likeness (QED) is 0.0457. The second-order valence-electron chi connectivity index (χ2n) is 22.3. The van der Waals surface area contributed by atoms with Gasteiger partial charge in [-0.05, 0) is 12.8 Å². The first-order valence-electron chi connectivity index (χ1n) is 31.8. The Kier molecular flexibility index (Phi) is 58.4. The van der Waals surface area contributed by atoms with E-state index in [1.807, 2.05) is 0 Å². The molecule has 68 heavy (non-hydrogen) atoms. The smallest absolute Gasteiger partial charge is 0.220 e. The van der Waals surface area contributed by atoms with E-state index in [9.17, 15) is 20.1 Å². The Morgan fingerprint density at radius 3 is 0.706 bits per heavy atom. The molecule has 0 radical (unpaired) electrons. The van der Waals surface area contributed by atoms with Crippen LogP contribution in [0.4, 0.5) is 0 Å². The Labute approximate surface area is 427 Å². The fourth-order valence-electron chi connectivity index (χ4n) is 10.6. The third-order valence-corrected chi connectivity index (χ3v) is 15.5. The number of rotatable bonds is 60. The molecule has 5 nitrogen and oxygen atoms in total. The average molecular weight is 963 g/mol. The maximum atomic E-state index is 12.6. The van der Waals surface area contributed by atoms with Gasteiger partial charge in [-0.1, -0.05) is 354 Å². The van der Waals surface area contributed by atoms with Gasteiger partial charge in [0.25, 0.3) is 0 Å². The lowest BCUT2D eigenvalue weighted by Crippen LogP contribution is -2.50. The highest BCUT2D eigenvalue weighted by Gasteiger charge is 2.26. The van der Waals surface area contributed by atoms with E-state index in [1.54, 1.807) is 0 Å². The lowest BCUT2D eigenvalue weighted by atomic mass is 9.99. The van der Waals surface area contributed by atoms with Gasteiger partial charge in [0.2, 0.25) is 5.91 Å². The van der Waals surface area contributed by atoms with Crippen molar-refractivity contribution in [3.63, 3.8) is 0 Å². The highest BCUT2D eigenvalue weighted by Crippen LogP contribution is 2.19. The number of amides is 1. The highest BCUT2D eigenvalue weighted by atomic mass is 16.3. The Balaban J connectivity index is 3.43. The van der Waals surface area contributed by atoms with Gasteiger partial charge in [0.1, 0.15) is 6.10 Å². The monoisotopic (exact) mass is 962 g/mol. The van der Waals surface area contributed by atoms with Gasteiger partial charge in [-0.15, -0.1) is 0 Å². The van der Waals surface area contributed by atoms with Gasteiger partial charge in [-0.2, -0.15) is 0 Å². The van der Waals surface area contributed by atoms with Crippen LogP contribution >= 0.6 is 0 Å². The van der Waals surface area contributed by atoms with E-state index < -0.39 is 18.2 Å². The van der Waals surface area contributed by atoms with Crippen molar-refractivity contribution in [1.29, 1.82) is 0 Å². The number of hydrogen-bond donors (Lipinski definition) is 4. The largest absolute Gasteiger partial charge is 0.394 e. The molecule has 4 N–H and O–H groups in total. The summed E-state index contributed by atoms with van der Waals surface area (Å²) in [6.45, 7) is 4.24. The van der Waals surface area contributed by atoms with Crippen LogP contribution in [0.2, 0.25) is 0 Å². The number of unbranched alkanes of at least 4 members (excludes halogenated alkanes) is 52. The number of nitrogens with one attached hydrogen (secondary N) is 1. The van der Waals surface area contributed by atoms with Crippen LogP contribution in [0.5, 0.6) is 0 Å². The van der Waals surface area contributed by atoms with Gasteiger partial charge in [0, 0.05) is 6.42 Å². The van der Waals surface area contributed by atoms with E-state index in [1.165, 1.54) is 315 Å². The summed E-state index contributed by atoms with van der Waals surface area (Å²) in [6.07, 6.45) is 72.9. The van der Waals surface area contributed by atoms with Crippen molar-refractivity contribution in [2.45, 2.75) is 392 Å². The predicted octanol–water partition coefficient (Wildman–Crippen LogP) is 20.1. The normalized spacial score (nSPS) is 13.1. The van der Waals surface area contributed by atoms with Crippen LogP contribution in [0.1, 0.15) is 373 Å². The summed E-state index contributed by atoms with van der Waals surface area (Å²) in [4.78, 5) is 12.6. The summed E-state index contributed by atoms with van der Waals surface area (Å²) < 4.78 is 0. The fourth-order valence-corrected chi connectivity index (χ4v) is 10.6. The van der Waals surface area contributed by atoms with Crippen molar-refractivity contribution in [2.24, 2.45) is 0 Å². The second kappa shape index (κ2) is 58.9. The van der Waals surface area contributed by atoms with Gasteiger partial charge in [0.15, 0.2) is 0 Å². The molecule has 0 saturated heterocycles. The van der Waals surface area contributed by atoms with Crippen molar-refractivity contribution >= 4 is 5.91 Å². The van der Waals surface area contributed by atoms with E-state index >= 15 is 0 Å². The summed E-state index contributed by atoms with van der Waals surface area (Å²) in [5, 5.41) is 33.9. The number of carbonyl (C=O) groups is 1. The number of hydrogen-bond acceptors (Lipinski definition) is 4. The Hall–Kier alpha value is -0.650. The molecule has 0 aromatic carbocycles. The van der Waals surface area contributed by atoms with Crippen LogP contribution in [-0.2, 0) is 4.79 Å². The maximum Gasteiger partial charge on any atom is 0.220 e. The first-order valence-corrected chi connectivity index (χ1v) is 31.8. The molecule has 0 aliphatic carbocycles. The van der Waals surface area contributed by atoms with Crippen molar-refractivity contribution in [1.82, 2.24) is 5.32 Å². The van der Waals surface area contributed by atoms with Crippen molar-refractivity contribution in [2.75, 3.05) is 6.61 Å². The van der Waals surface area contributed by atoms with Gasteiger partial charge in [-0.3, -0.25) is 4.79 Å². The van der Waals surface area contributed by atoms with Gasteiger partial charge in [0.05, 0.1) is 18.8 Å². The summed E-state index contributed by atoms with van der Waals surface area (Å²) in [5.41, 5.74) is 0. The molecule has 3 atom stereocenters. The van der Waals surface area contributed by atoms with Crippen molar-refractivity contribution < 1.29 is 20.1 Å². The standard InChI is InChI=1S/C63H127NO4/c1-3-5-7-9-11-13-15-17-19-21-23-25-26-27-28-29-30-31-32-33-34-35-36-38-40-42-44-46-48-50-52-54-56-58-62(67)64-60(59-65)63(68)61(66)57-55-53-51-49-47-45-43-41-39-37-24-22-20-18-16-14-12-10-8-6-4-2/h60-61,63,65-66,68H,3-59H2,1-2H3,(H,64,67). The van der Waals surface area contributed by atoms with Crippen LogP contribution in [0.15, 0.2) is 0 Å². The van der Waals surface area contributed by atoms with Crippen molar-refractivity contribution in [3.8, 4) is 0 Å². The third-order valence-electron chi connectivity index (χ3n) is 15.5. The van der Waals surface area contributed by atoms with Crippen LogP contribution in [0, 0.1) is 0 Å².